The fourth-order valence-electron chi connectivity index (χ4n) is 4.32. The summed E-state index contributed by atoms with van der Waals surface area (Å²) in [4.78, 5) is 17.7. The first-order chi connectivity index (χ1) is 14.2. The Morgan fingerprint density at radius 1 is 1.07 bits per heavy atom. The summed E-state index contributed by atoms with van der Waals surface area (Å²) in [5.41, 5.74) is 2.34. The number of carbonyl (C=O) groups excluding carboxylic acids is 1. The van der Waals surface area contributed by atoms with Crippen molar-refractivity contribution in [3.05, 3.63) is 59.7 Å². The summed E-state index contributed by atoms with van der Waals surface area (Å²) in [6.07, 6.45) is 4.37. The maximum atomic E-state index is 13.3. The third kappa shape index (κ3) is 4.56. The Labute approximate surface area is 173 Å². The predicted molar refractivity (Wildman–Crippen MR) is 113 cm³/mol. The molecule has 29 heavy (non-hydrogen) atoms. The molecule has 0 bridgehead atoms. The fourth-order valence-corrected chi connectivity index (χ4v) is 4.32. The van der Waals surface area contributed by atoms with E-state index in [0.717, 1.165) is 43.0 Å². The van der Waals surface area contributed by atoms with Crippen LogP contribution < -0.4 is 9.47 Å². The Morgan fingerprint density at radius 2 is 1.86 bits per heavy atom. The van der Waals surface area contributed by atoms with Crippen molar-refractivity contribution in [3.63, 3.8) is 0 Å². The van der Waals surface area contributed by atoms with E-state index >= 15 is 0 Å². The monoisotopic (exact) mass is 394 g/mol. The number of methoxy groups -OCH3 is 2. The standard InChI is InChI=1S/C24H30N2O3/c1-28-20-12-13-21(23(15-20)29-2)22-9-6-14-26(22)24(27)17-25(19-10-11-19)16-18-7-4-3-5-8-18/h3-5,7-8,12-13,15,19,22H,6,9-11,14,16-17H2,1-2H3. The Kier molecular flexibility index (Phi) is 6.05. The molecule has 2 aliphatic rings. The van der Waals surface area contributed by atoms with Crippen LogP contribution in [0.2, 0.25) is 0 Å². The van der Waals surface area contributed by atoms with Crippen molar-refractivity contribution in [2.75, 3.05) is 27.3 Å². The number of amides is 1. The molecule has 1 atom stereocenters. The first kappa shape index (κ1) is 19.8. The number of hydrogen-bond donors (Lipinski definition) is 0. The van der Waals surface area contributed by atoms with Gasteiger partial charge in [0.15, 0.2) is 0 Å². The molecule has 1 amide bonds. The Bertz CT molecular complexity index is 835. The second-order valence-corrected chi connectivity index (χ2v) is 7.97. The minimum atomic E-state index is 0.0705. The van der Waals surface area contributed by atoms with Crippen LogP contribution in [0.15, 0.2) is 48.5 Å². The van der Waals surface area contributed by atoms with Crippen molar-refractivity contribution in [2.45, 2.75) is 44.3 Å². The number of nitrogens with zero attached hydrogens (tertiary/aromatic N) is 2. The molecule has 0 aromatic heterocycles. The van der Waals surface area contributed by atoms with Crippen LogP contribution in [0.3, 0.4) is 0 Å². The molecule has 5 nitrogen and oxygen atoms in total. The number of rotatable bonds is 8. The number of benzene rings is 2. The van der Waals surface area contributed by atoms with Crippen LogP contribution in [0.5, 0.6) is 11.5 Å². The van der Waals surface area contributed by atoms with Gasteiger partial charge in [-0.1, -0.05) is 30.3 Å². The largest absolute Gasteiger partial charge is 0.497 e. The van der Waals surface area contributed by atoms with Crippen LogP contribution in [0.4, 0.5) is 0 Å². The van der Waals surface area contributed by atoms with Crippen molar-refractivity contribution < 1.29 is 14.3 Å². The van der Waals surface area contributed by atoms with E-state index in [-0.39, 0.29) is 11.9 Å². The van der Waals surface area contributed by atoms with Gasteiger partial charge in [-0.15, -0.1) is 0 Å². The van der Waals surface area contributed by atoms with Crippen molar-refractivity contribution in [3.8, 4) is 11.5 Å². The van der Waals surface area contributed by atoms with E-state index in [1.807, 2.05) is 29.2 Å². The number of likely N-dealkylation sites (tertiary alicyclic amines) is 1. The Hall–Kier alpha value is -2.53. The molecule has 0 N–H and O–H groups in total. The normalized spacial score (nSPS) is 18.9. The predicted octanol–water partition coefficient (Wildman–Crippen LogP) is 4.03. The number of carbonyl (C=O) groups is 1. The summed E-state index contributed by atoms with van der Waals surface area (Å²) in [6, 6.07) is 16.9. The fraction of sp³-hybridized carbons (Fsp3) is 0.458. The van der Waals surface area contributed by atoms with Gasteiger partial charge in [0.1, 0.15) is 11.5 Å². The van der Waals surface area contributed by atoms with Crippen LogP contribution >= 0.6 is 0 Å². The SMILES string of the molecule is COc1ccc(C2CCCN2C(=O)CN(Cc2ccccc2)C2CC2)c(OC)c1. The quantitative estimate of drug-likeness (QED) is 0.678. The van der Waals surface area contributed by atoms with Crippen LogP contribution in [-0.2, 0) is 11.3 Å². The van der Waals surface area contributed by atoms with E-state index in [2.05, 4.69) is 29.2 Å². The molecule has 2 fully saturated rings. The molecule has 1 unspecified atom stereocenters. The zero-order valence-corrected chi connectivity index (χ0v) is 17.3. The molecule has 1 aliphatic heterocycles. The molecule has 1 saturated carbocycles. The number of ether oxygens (including phenoxy) is 2. The first-order valence-corrected chi connectivity index (χ1v) is 10.5. The lowest BCUT2D eigenvalue weighted by molar-refractivity contribution is -0.133. The highest BCUT2D eigenvalue weighted by Gasteiger charge is 2.35. The molecule has 154 valence electrons. The van der Waals surface area contributed by atoms with E-state index in [0.29, 0.717) is 12.6 Å². The summed E-state index contributed by atoms with van der Waals surface area (Å²) in [5.74, 6) is 1.77. The van der Waals surface area contributed by atoms with E-state index in [4.69, 9.17) is 9.47 Å². The van der Waals surface area contributed by atoms with Gasteiger partial charge in [-0.25, -0.2) is 0 Å². The second kappa shape index (κ2) is 8.87. The van der Waals surface area contributed by atoms with Crippen LogP contribution in [0.25, 0.3) is 0 Å². The summed E-state index contributed by atoms with van der Waals surface area (Å²) in [7, 11) is 3.33. The van der Waals surface area contributed by atoms with E-state index < -0.39 is 0 Å². The first-order valence-electron chi connectivity index (χ1n) is 10.5. The molecule has 1 heterocycles. The van der Waals surface area contributed by atoms with Gasteiger partial charge in [0.25, 0.3) is 0 Å². The molecule has 5 heteroatoms. The summed E-state index contributed by atoms with van der Waals surface area (Å²) in [6.45, 7) is 2.12. The molecule has 2 aromatic rings. The zero-order chi connectivity index (χ0) is 20.2. The van der Waals surface area contributed by atoms with E-state index in [9.17, 15) is 4.79 Å². The van der Waals surface area contributed by atoms with Gasteiger partial charge in [0, 0.05) is 30.8 Å². The van der Waals surface area contributed by atoms with Gasteiger partial charge >= 0.3 is 0 Å². The topological polar surface area (TPSA) is 42.0 Å². The van der Waals surface area contributed by atoms with E-state index in [1.165, 1.54) is 18.4 Å². The average molecular weight is 395 g/mol. The highest BCUT2D eigenvalue weighted by molar-refractivity contribution is 5.79. The van der Waals surface area contributed by atoms with Gasteiger partial charge in [-0.2, -0.15) is 0 Å². The molecular weight excluding hydrogens is 364 g/mol. The number of hydrogen-bond acceptors (Lipinski definition) is 4. The highest BCUT2D eigenvalue weighted by Crippen LogP contribution is 2.39. The average Bonchev–Trinajstić information content (AvgIpc) is 3.49. The lowest BCUT2D eigenvalue weighted by atomic mass is 10.0. The Morgan fingerprint density at radius 3 is 2.55 bits per heavy atom. The summed E-state index contributed by atoms with van der Waals surface area (Å²) >= 11 is 0. The molecule has 0 radical (unpaired) electrons. The van der Waals surface area contributed by atoms with Crippen molar-refractivity contribution in [2.24, 2.45) is 0 Å². The molecule has 0 spiro atoms. The molecule has 4 rings (SSSR count). The van der Waals surface area contributed by atoms with Crippen molar-refractivity contribution in [1.29, 1.82) is 0 Å². The van der Waals surface area contributed by atoms with Gasteiger partial charge in [0.2, 0.25) is 5.91 Å². The summed E-state index contributed by atoms with van der Waals surface area (Å²) in [5, 5.41) is 0. The molecule has 2 aromatic carbocycles. The van der Waals surface area contributed by atoms with Crippen molar-refractivity contribution in [1.82, 2.24) is 9.80 Å². The van der Waals surface area contributed by atoms with Gasteiger partial charge in [0.05, 0.1) is 26.8 Å². The van der Waals surface area contributed by atoms with Crippen LogP contribution in [-0.4, -0.2) is 49.1 Å². The minimum Gasteiger partial charge on any atom is -0.497 e. The third-order valence-electron chi connectivity index (χ3n) is 6.00. The smallest absolute Gasteiger partial charge is 0.237 e. The lowest BCUT2D eigenvalue weighted by Crippen LogP contribution is -2.40. The van der Waals surface area contributed by atoms with Crippen LogP contribution in [0.1, 0.15) is 42.9 Å². The van der Waals surface area contributed by atoms with Crippen molar-refractivity contribution >= 4 is 5.91 Å². The zero-order valence-electron chi connectivity index (χ0n) is 17.3. The molecule has 1 saturated heterocycles. The van der Waals surface area contributed by atoms with E-state index in [1.54, 1.807) is 14.2 Å². The highest BCUT2D eigenvalue weighted by atomic mass is 16.5. The maximum absolute atomic E-state index is 13.3. The minimum absolute atomic E-state index is 0.0705. The molecule has 1 aliphatic carbocycles. The summed E-state index contributed by atoms with van der Waals surface area (Å²) < 4.78 is 10.9. The van der Waals surface area contributed by atoms with Gasteiger partial charge < -0.3 is 14.4 Å². The second-order valence-electron chi connectivity index (χ2n) is 7.97. The third-order valence-corrected chi connectivity index (χ3v) is 6.00. The maximum Gasteiger partial charge on any atom is 0.237 e. The van der Waals surface area contributed by atoms with Crippen LogP contribution in [0, 0.1) is 0 Å². The van der Waals surface area contributed by atoms with Gasteiger partial charge in [-0.05, 0) is 43.4 Å². The van der Waals surface area contributed by atoms with Gasteiger partial charge in [-0.3, -0.25) is 9.69 Å². The molecular formula is C24H30N2O3. The Balaban J connectivity index is 1.48. The lowest BCUT2D eigenvalue weighted by Gasteiger charge is -2.30.